The predicted octanol–water partition coefficient (Wildman–Crippen LogP) is -1.22. The molecule has 7 heteroatoms. The van der Waals surface area contributed by atoms with Crippen molar-refractivity contribution in [1.82, 2.24) is 0 Å². The topological polar surface area (TPSA) is 119 Å². The second kappa shape index (κ2) is 4.40. The van der Waals surface area contributed by atoms with Crippen LogP contribution in [0, 0.1) is 0 Å². The zero-order valence-corrected chi connectivity index (χ0v) is 6.82. The van der Waals surface area contributed by atoms with Gasteiger partial charge < -0.3 is 20.1 Å². The smallest absolute Gasteiger partial charge is 0.109 e. The third-order valence-electron chi connectivity index (χ3n) is 1.99. The van der Waals surface area contributed by atoms with E-state index in [2.05, 4.69) is 10.0 Å². The Hall–Kier alpha value is -0.850. The molecule has 4 atom stereocenters. The Bertz CT molecular complexity index is 218. The van der Waals surface area contributed by atoms with Crippen LogP contribution in [-0.2, 0) is 4.74 Å². The van der Waals surface area contributed by atoms with Gasteiger partial charge in [-0.15, -0.1) is 0 Å². The number of aliphatic hydroxyl groups excluding tert-OH is 3. The van der Waals surface area contributed by atoms with E-state index in [-0.39, 0.29) is 13.2 Å². The maximum absolute atomic E-state index is 9.36. The Morgan fingerprint density at radius 1 is 1.46 bits per heavy atom. The van der Waals surface area contributed by atoms with Crippen LogP contribution in [0.15, 0.2) is 5.11 Å². The van der Waals surface area contributed by atoms with Gasteiger partial charge in [0.25, 0.3) is 0 Å². The lowest BCUT2D eigenvalue weighted by Crippen LogP contribution is -2.53. The summed E-state index contributed by atoms with van der Waals surface area (Å²) in [5.74, 6) is 0. The van der Waals surface area contributed by atoms with Crippen LogP contribution >= 0.6 is 0 Å². The molecule has 0 aliphatic carbocycles. The molecule has 0 saturated carbocycles. The van der Waals surface area contributed by atoms with Crippen molar-refractivity contribution in [1.29, 1.82) is 0 Å². The van der Waals surface area contributed by atoms with Crippen LogP contribution in [0.25, 0.3) is 10.4 Å². The van der Waals surface area contributed by atoms with Gasteiger partial charge in [-0.05, 0) is 5.53 Å². The van der Waals surface area contributed by atoms with Crippen molar-refractivity contribution in [3.05, 3.63) is 10.4 Å². The van der Waals surface area contributed by atoms with E-state index in [1.54, 1.807) is 0 Å². The van der Waals surface area contributed by atoms with Gasteiger partial charge in [0.2, 0.25) is 0 Å². The SMILES string of the molecule is [N-]=[N+]=N[C@H]1CO[C@H](CO)[C@H](O)[C@@H]1O. The molecule has 1 aliphatic rings. The molecule has 0 radical (unpaired) electrons. The summed E-state index contributed by atoms with van der Waals surface area (Å²) < 4.78 is 4.95. The lowest BCUT2D eigenvalue weighted by Gasteiger charge is -2.34. The highest BCUT2D eigenvalue weighted by atomic mass is 16.5. The lowest BCUT2D eigenvalue weighted by molar-refractivity contribution is -0.155. The average molecular weight is 189 g/mol. The van der Waals surface area contributed by atoms with E-state index >= 15 is 0 Å². The summed E-state index contributed by atoms with van der Waals surface area (Å²) in [4.78, 5) is 2.51. The van der Waals surface area contributed by atoms with Crippen LogP contribution in [0.3, 0.4) is 0 Å². The molecule has 3 N–H and O–H groups in total. The molecule has 0 aromatic heterocycles. The van der Waals surface area contributed by atoms with Crippen molar-refractivity contribution >= 4 is 0 Å². The molecule has 1 rings (SSSR count). The molecule has 1 fully saturated rings. The first-order valence-corrected chi connectivity index (χ1v) is 3.83. The van der Waals surface area contributed by atoms with E-state index in [0.29, 0.717) is 0 Å². The van der Waals surface area contributed by atoms with Gasteiger partial charge in [-0.25, -0.2) is 0 Å². The number of aliphatic hydroxyl groups is 3. The normalized spacial score (nSPS) is 39.6. The van der Waals surface area contributed by atoms with Gasteiger partial charge in [-0.2, -0.15) is 0 Å². The van der Waals surface area contributed by atoms with Crippen molar-refractivity contribution < 1.29 is 20.1 Å². The van der Waals surface area contributed by atoms with Crippen molar-refractivity contribution in [2.75, 3.05) is 13.2 Å². The first-order valence-electron chi connectivity index (χ1n) is 3.83. The minimum absolute atomic E-state index is 0.00745. The fourth-order valence-corrected chi connectivity index (χ4v) is 1.20. The molecule has 0 aromatic rings. The Morgan fingerprint density at radius 3 is 2.69 bits per heavy atom. The van der Waals surface area contributed by atoms with Crippen molar-refractivity contribution in [2.45, 2.75) is 24.4 Å². The number of nitrogens with zero attached hydrogens (tertiary/aromatic N) is 3. The van der Waals surface area contributed by atoms with Gasteiger partial charge in [0.15, 0.2) is 0 Å². The summed E-state index contributed by atoms with van der Waals surface area (Å²) >= 11 is 0. The van der Waals surface area contributed by atoms with Gasteiger partial charge >= 0.3 is 0 Å². The third kappa shape index (κ3) is 2.09. The molecule has 74 valence electrons. The van der Waals surface area contributed by atoms with E-state index in [1.807, 2.05) is 0 Å². The van der Waals surface area contributed by atoms with Crippen molar-refractivity contribution in [3.63, 3.8) is 0 Å². The summed E-state index contributed by atoms with van der Waals surface area (Å²) in [5, 5.41) is 30.6. The second-order valence-electron chi connectivity index (χ2n) is 2.81. The fourth-order valence-electron chi connectivity index (χ4n) is 1.20. The van der Waals surface area contributed by atoms with Gasteiger partial charge in [-0.3, -0.25) is 0 Å². The molecule has 0 spiro atoms. The lowest BCUT2D eigenvalue weighted by atomic mass is 9.99. The largest absolute Gasteiger partial charge is 0.394 e. The summed E-state index contributed by atoms with van der Waals surface area (Å²) in [7, 11) is 0. The zero-order valence-electron chi connectivity index (χ0n) is 6.82. The standard InChI is InChI=1S/C6H11N3O4/c7-9-8-3-2-13-4(1-10)6(12)5(3)11/h3-6,10-12H,1-2H2/t3-,4+,5+,6-/m0/s1. The summed E-state index contributed by atoms with van der Waals surface area (Å²) in [5.41, 5.74) is 8.11. The minimum Gasteiger partial charge on any atom is -0.394 e. The Labute approximate surface area is 74.2 Å². The monoisotopic (exact) mass is 189 g/mol. The van der Waals surface area contributed by atoms with E-state index in [9.17, 15) is 10.2 Å². The predicted molar refractivity (Wildman–Crippen MR) is 41.8 cm³/mol. The Balaban J connectivity index is 2.63. The molecular weight excluding hydrogens is 178 g/mol. The van der Waals surface area contributed by atoms with Crippen LogP contribution in [0.4, 0.5) is 0 Å². The summed E-state index contributed by atoms with van der Waals surface area (Å²) in [6.07, 6.45) is -3.20. The second-order valence-corrected chi connectivity index (χ2v) is 2.81. The number of hydrogen-bond acceptors (Lipinski definition) is 5. The van der Waals surface area contributed by atoms with Crippen molar-refractivity contribution in [3.8, 4) is 0 Å². The van der Waals surface area contributed by atoms with Crippen LogP contribution in [0.2, 0.25) is 0 Å². The maximum Gasteiger partial charge on any atom is 0.109 e. The number of ether oxygens (including phenoxy) is 1. The molecule has 1 heterocycles. The Morgan fingerprint density at radius 2 is 2.15 bits per heavy atom. The molecule has 0 amide bonds. The van der Waals surface area contributed by atoms with Crippen LogP contribution in [-0.4, -0.2) is 52.9 Å². The van der Waals surface area contributed by atoms with Crippen LogP contribution < -0.4 is 0 Å². The van der Waals surface area contributed by atoms with E-state index in [0.717, 1.165) is 0 Å². The highest BCUT2D eigenvalue weighted by Gasteiger charge is 2.37. The molecule has 0 bridgehead atoms. The molecular formula is C6H11N3O4. The summed E-state index contributed by atoms with van der Waals surface area (Å²) in [6.45, 7) is -0.366. The molecule has 1 saturated heterocycles. The first-order chi connectivity index (χ1) is 6.20. The van der Waals surface area contributed by atoms with Gasteiger partial charge in [-0.1, -0.05) is 5.11 Å². The van der Waals surface area contributed by atoms with Gasteiger partial charge in [0, 0.05) is 4.91 Å². The Kier molecular flexibility index (Phi) is 3.47. The third-order valence-corrected chi connectivity index (χ3v) is 1.99. The zero-order chi connectivity index (χ0) is 9.84. The van der Waals surface area contributed by atoms with Crippen LogP contribution in [0.5, 0.6) is 0 Å². The average Bonchev–Trinajstić information content (AvgIpc) is 2.14. The van der Waals surface area contributed by atoms with Crippen molar-refractivity contribution in [2.24, 2.45) is 5.11 Å². The van der Waals surface area contributed by atoms with Gasteiger partial charge in [0.1, 0.15) is 12.2 Å². The molecule has 13 heavy (non-hydrogen) atoms. The van der Waals surface area contributed by atoms with Gasteiger partial charge in [0.05, 0.1) is 25.4 Å². The number of rotatable bonds is 2. The first kappa shape index (κ1) is 10.2. The molecule has 0 unspecified atom stereocenters. The number of azide groups is 1. The van der Waals surface area contributed by atoms with E-state index < -0.39 is 24.4 Å². The minimum atomic E-state index is -1.21. The van der Waals surface area contributed by atoms with E-state index in [1.165, 1.54) is 0 Å². The molecule has 1 aliphatic heterocycles. The fraction of sp³-hybridized carbons (Fsp3) is 1.00. The molecule has 7 nitrogen and oxygen atoms in total. The quantitative estimate of drug-likeness (QED) is 0.286. The van der Waals surface area contributed by atoms with Crippen LogP contribution in [0.1, 0.15) is 0 Å². The van der Waals surface area contributed by atoms with E-state index in [4.69, 9.17) is 15.4 Å². The molecule has 0 aromatic carbocycles. The highest BCUT2D eigenvalue weighted by molar-refractivity contribution is 4.90. The highest BCUT2D eigenvalue weighted by Crippen LogP contribution is 2.17. The number of hydrogen-bond donors (Lipinski definition) is 3. The summed E-state index contributed by atoms with van der Waals surface area (Å²) in [6, 6.07) is -0.789. The maximum atomic E-state index is 9.36.